The van der Waals surface area contributed by atoms with E-state index in [2.05, 4.69) is 0 Å². The maximum atomic E-state index is 12.5. The molecule has 1 aliphatic rings. The van der Waals surface area contributed by atoms with Gasteiger partial charge in [-0.15, -0.1) is 0 Å². The number of ether oxygens (including phenoxy) is 2. The van der Waals surface area contributed by atoms with Crippen molar-refractivity contribution in [2.24, 2.45) is 0 Å². The van der Waals surface area contributed by atoms with Crippen LogP contribution in [0.4, 0.5) is 13.2 Å². The normalized spacial score (nSPS) is 24.1. The van der Waals surface area contributed by atoms with E-state index in [-0.39, 0.29) is 0 Å². The van der Waals surface area contributed by atoms with Gasteiger partial charge >= 0.3 is 6.18 Å². The van der Waals surface area contributed by atoms with Crippen molar-refractivity contribution in [3.05, 3.63) is 41.0 Å². The fraction of sp³-hybridized carbons (Fsp3) is 0.467. The van der Waals surface area contributed by atoms with E-state index < -0.39 is 18.0 Å². The topological polar surface area (TPSA) is 18.5 Å². The molecule has 0 saturated carbocycles. The predicted octanol–water partition coefficient (Wildman–Crippen LogP) is 4.21. The summed E-state index contributed by atoms with van der Waals surface area (Å²) in [5, 5.41) is 0.333. The van der Waals surface area contributed by atoms with Gasteiger partial charge in [-0.05, 0) is 36.4 Å². The molecule has 116 valence electrons. The maximum absolute atomic E-state index is 12.5. The summed E-state index contributed by atoms with van der Waals surface area (Å²) in [6.07, 6.45) is -0.942. The molecule has 1 aliphatic heterocycles. The van der Waals surface area contributed by atoms with Crippen LogP contribution in [0.2, 0.25) is 0 Å². The molecule has 2 rings (SSSR count). The van der Waals surface area contributed by atoms with Gasteiger partial charge in [-0.25, -0.2) is 0 Å². The van der Waals surface area contributed by atoms with Gasteiger partial charge in [0.05, 0.1) is 24.0 Å². The largest absolute Gasteiger partial charge is 0.416 e. The van der Waals surface area contributed by atoms with Crippen molar-refractivity contribution in [1.82, 2.24) is 0 Å². The Bertz CT molecular complexity index is 489. The summed E-state index contributed by atoms with van der Waals surface area (Å²) in [5.74, 6) is 0. The molecular formula is C15H17F3O2S. The Kier molecular flexibility index (Phi) is 5.35. The Labute approximate surface area is 126 Å². The zero-order valence-electron chi connectivity index (χ0n) is 11.8. The van der Waals surface area contributed by atoms with E-state index in [1.54, 1.807) is 17.8 Å². The third-order valence-corrected chi connectivity index (χ3v) is 4.14. The molecule has 0 aromatic heterocycles. The first-order chi connectivity index (χ1) is 9.90. The summed E-state index contributed by atoms with van der Waals surface area (Å²) in [6, 6.07) is 5.04. The third kappa shape index (κ3) is 4.49. The van der Waals surface area contributed by atoms with Gasteiger partial charge in [0.25, 0.3) is 0 Å². The summed E-state index contributed by atoms with van der Waals surface area (Å²) >= 11 is 1.69. The van der Waals surface area contributed by atoms with Crippen LogP contribution >= 0.6 is 11.8 Å². The number of alkyl halides is 3. The number of thioether (sulfide) groups is 1. The molecule has 0 bridgehead atoms. The molecule has 0 radical (unpaired) electrons. The Morgan fingerprint density at radius 1 is 1.19 bits per heavy atom. The van der Waals surface area contributed by atoms with Crippen LogP contribution in [0.5, 0.6) is 0 Å². The fourth-order valence-electron chi connectivity index (χ4n) is 1.98. The average Bonchev–Trinajstić information content (AvgIpc) is 2.47. The summed E-state index contributed by atoms with van der Waals surface area (Å²) in [7, 11) is 0. The Morgan fingerprint density at radius 3 is 2.24 bits per heavy atom. The lowest BCUT2D eigenvalue weighted by Crippen LogP contribution is -2.34. The highest BCUT2D eigenvalue weighted by atomic mass is 32.2. The van der Waals surface area contributed by atoms with E-state index in [0.29, 0.717) is 24.0 Å². The quantitative estimate of drug-likeness (QED) is 0.831. The summed E-state index contributed by atoms with van der Waals surface area (Å²) in [5.41, 5.74) is 0.888. The monoisotopic (exact) mass is 318 g/mol. The van der Waals surface area contributed by atoms with Crippen molar-refractivity contribution < 1.29 is 22.6 Å². The minimum absolute atomic E-state index is 0.333. The van der Waals surface area contributed by atoms with Crippen molar-refractivity contribution in [3.63, 3.8) is 0 Å². The number of hydrogen-bond acceptors (Lipinski definition) is 3. The first kappa shape index (κ1) is 16.4. The minimum atomic E-state index is -4.31. The first-order valence-corrected chi connectivity index (χ1v) is 7.80. The van der Waals surface area contributed by atoms with Crippen LogP contribution in [-0.2, 0) is 15.7 Å². The maximum Gasteiger partial charge on any atom is 0.416 e. The van der Waals surface area contributed by atoms with E-state index in [9.17, 15) is 13.2 Å². The molecule has 0 amide bonds. The van der Waals surface area contributed by atoms with Gasteiger partial charge in [0.2, 0.25) is 0 Å². The van der Waals surface area contributed by atoms with Gasteiger partial charge in [-0.3, -0.25) is 0 Å². The van der Waals surface area contributed by atoms with E-state index in [1.807, 2.05) is 13.2 Å². The van der Waals surface area contributed by atoms with Gasteiger partial charge in [0, 0.05) is 0 Å². The van der Waals surface area contributed by atoms with Crippen LogP contribution in [0.15, 0.2) is 29.8 Å². The molecule has 0 aliphatic carbocycles. The number of rotatable bonds is 3. The smallest absolute Gasteiger partial charge is 0.347 e. The van der Waals surface area contributed by atoms with Gasteiger partial charge < -0.3 is 9.47 Å². The lowest BCUT2D eigenvalue weighted by Gasteiger charge is -2.29. The van der Waals surface area contributed by atoms with Gasteiger partial charge in [-0.2, -0.15) is 24.9 Å². The van der Waals surface area contributed by atoms with Crippen LogP contribution in [0.3, 0.4) is 0 Å². The summed E-state index contributed by atoms with van der Waals surface area (Å²) < 4.78 is 48.7. The van der Waals surface area contributed by atoms with Crippen molar-refractivity contribution >= 4 is 17.8 Å². The SMILES string of the molecule is CSC1COC(C(C)=Cc2ccc(C(F)(F)F)cc2)OC1. The Morgan fingerprint density at radius 2 is 1.76 bits per heavy atom. The average molecular weight is 318 g/mol. The zero-order valence-corrected chi connectivity index (χ0v) is 12.6. The van der Waals surface area contributed by atoms with Crippen molar-refractivity contribution in [2.75, 3.05) is 19.5 Å². The Hall–Kier alpha value is -0.980. The van der Waals surface area contributed by atoms with Crippen molar-refractivity contribution in [1.29, 1.82) is 0 Å². The molecule has 1 aromatic carbocycles. The van der Waals surface area contributed by atoms with Crippen molar-refractivity contribution in [2.45, 2.75) is 24.6 Å². The molecule has 2 nitrogen and oxygen atoms in total. The molecule has 6 heteroatoms. The highest BCUT2D eigenvalue weighted by Gasteiger charge is 2.30. The predicted molar refractivity (Wildman–Crippen MR) is 78.1 cm³/mol. The molecule has 0 N–H and O–H groups in total. The van der Waals surface area contributed by atoms with Crippen LogP contribution in [0, 0.1) is 0 Å². The van der Waals surface area contributed by atoms with E-state index in [4.69, 9.17) is 9.47 Å². The van der Waals surface area contributed by atoms with Gasteiger partial charge in [0.1, 0.15) is 0 Å². The standard InChI is InChI=1S/C15H17F3O2S/c1-10(14-19-8-13(21-2)9-20-14)7-11-3-5-12(6-4-11)15(16,17)18/h3-7,13-14H,8-9H2,1-2H3. The van der Waals surface area contributed by atoms with E-state index in [1.165, 1.54) is 12.1 Å². The lowest BCUT2D eigenvalue weighted by atomic mass is 10.1. The molecule has 21 heavy (non-hydrogen) atoms. The van der Waals surface area contributed by atoms with Gasteiger partial charge in [0.15, 0.2) is 6.29 Å². The molecule has 0 unspecified atom stereocenters. The lowest BCUT2D eigenvalue weighted by molar-refractivity contribution is -0.152. The van der Waals surface area contributed by atoms with Crippen LogP contribution in [0.1, 0.15) is 18.1 Å². The molecule has 1 aromatic rings. The molecule has 0 spiro atoms. The molecule has 1 fully saturated rings. The number of halogens is 3. The summed E-state index contributed by atoms with van der Waals surface area (Å²) in [6.45, 7) is 3.08. The fourth-order valence-corrected chi connectivity index (χ4v) is 2.41. The van der Waals surface area contributed by atoms with Gasteiger partial charge in [-0.1, -0.05) is 18.2 Å². The highest BCUT2D eigenvalue weighted by molar-refractivity contribution is 7.99. The summed E-state index contributed by atoms with van der Waals surface area (Å²) in [4.78, 5) is 0. The molecule has 1 heterocycles. The van der Waals surface area contributed by atoms with Crippen LogP contribution in [-0.4, -0.2) is 31.0 Å². The molecule has 1 saturated heterocycles. The second-order valence-corrected chi connectivity index (χ2v) is 6.00. The van der Waals surface area contributed by atoms with E-state index in [0.717, 1.165) is 17.7 Å². The minimum Gasteiger partial charge on any atom is -0.347 e. The van der Waals surface area contributed by atoms with Crippen LogP contribution in [0.25, 0.3) is 6.08 Å². The van der Waals surface area contributed by atoms with E-state index >= 15 is 0 Å². The molecular weight excluding hydrogens is 301 g/mol. The number of benzene rings is 1. The van der Waals surface area contributed by atoms with Crippen LogP contribution < -0.4 is 0 Å². The molecule has 0 atom stereocenters. The number of hydrogen-bond donors (Lipinski definition) is 0. The second-order valence-electron chi connectivity index (χ2n) is 4.86. The second kappa shape index (κ2) is 6.85. The highest BCUT2D eigenvalue weighted by Crippen LogP contribution is 2.29. The Balaban J connectivity index is 2.02. The first-order valence-electron chi connectivity index (χ1n) is 6.51. The third-order valence-electron chi connectivity index (χ3n) is 3.20. The zero-order chi connectivity index (χ0) is 15.5. The van der Waals surface area contributed by atoms with Crippen molar-refractivity contribution in [3.8, 4) is 0 Å².